The second-order valence-electron chi connectivity index (χ2n) is 7.01. The zero-order valence-electron chi connectivity index (χ0n) is 17.0. The molecule has 1 atom stereocenters. The SMILES string of the molecule is COc1cccc(/C=C2\Oc3c(ccc(OC(=O)C4CCCO4)c3C)C2=O)c1OC. The van der Waals surface area contributed by atoms with Crippen molar-refractivity contribution in [2.75, 3.05) is 20.8 Å². The second kappa shape index (κ2) is 8.20. The molecule has 2 aromatic rings. The minimum absolute atomic E-state index is 0.155. The van der Waals surface area contributed by atoms with Crippen LogP contribution in [-0.4, -0.2) is 38.7 Å². The number of fused-ring (bicyclic) bond motifs is 1. The van der Waals surface area contributed by atoms with Crippen molar-refractivity contribution in [2.24, 2.45) is 0 Å². The standard InChI is InChI=1S/C23H22O7/c1-13-16(30-23(25)18-8-5-11-28-18)10-9-15-20(24)19(29-21(13)15)12-14-6-4-7-17(26-2)22(14)27-3/h4,6-7,9-10,12,18H,5,8,11H2,1-3H3/b19-12-. The second-order valence-corrected chi connectivity index (χ2v) is 7.01. The normalized spacial score (nSPS) is 18.8. The number of ketones is 1. The van der Waals surface area contributed by atoms with Gasteiger partial charge in [0.25, 0.3) is 0 Å². The molecule has 0 radical (unpaired) electrons. The van der Waals surface area contributed by atoms with Crippen molar-refractivity contribution in [2.45, 2.75) is 25.9 Å². The molecule has 0 aliphatic carbocycles. The molecule has 0 amide bonds. The van der Waals surface area contributed by atoms with Crippen LogP contribution in [0.2, 0.25) is 0 Å². The van der Waals surface area contributed by atoms with E-state index in [4.69, 9.17) is 23.7 Å². The summed E-state index contributed by atoms with van der Waals surface area (Å²) in [5.41, 5.74) is 1.64. The van der Waals surface area contributed by atoms with Gasteiger partial charge in [0.1, 0.15) is 11.5 Å². The van der Waals surface area contributed by atoms with Crippen LogP contribution in [0.5, 0.6) is 23.0 Å². The molecule has 0 saturated carbocycles. The van der Waals surface area contributed by atoms with E-state index in [0.717, 1.165) is 6.42 Å². The first-order valence-electron chi connectivity index (χ1n) is 9.65. The number of para-hydroxylation sites is 1. The lowest BCUT2D eigenvalue weighted by molar-refractivity contribution is -0.144. The molecule has 4 rings (SSSR count). The lowest BCUT2D eigenvalue weighted by Crippen LogP contribution is -2.25. The molecule has 0 bridgehead atoms. The summed E-state index contributed by atoms with van der Waals surface area (Å²) in [6.45, 7) is 2.31. The first-order chi connectivity index (χ1) is 14.5. The van der Waals surface area contributed by atoms with E-state index in [0.29, 0.717) is 52.7 Å². The van der Waals surface area contributed by atoms with Crippen molar-refractivity contribution in [3.63, 3.8) is 0 Å². The number of carbonyl (C=O) groups excluding carboxylic acids is 2. The number of allylic oxidation sites excluding steroid dienone is 1. The molecule has 2 aromatic carbocycles. The highest BCUT2D eigenvalue weighted by molar-refractivity contribution is 6.15. The zero-order valence-corrected chi connectivity index (χ0v) is 17.0. The topological polar surface area (TPSA) is 80.3 Å². The van der Waals surface area contributed by atoms with Gasteiger partial charge in [-0.05, 0) is 44.0 Å². The highest BCUT2D eigenvalue weighted by atomic mass is 16.6. The monoisotopic (exact) mass is 410 g/mol. The summed E-state index contributed by atoms with van der Waals surface area (Å²) in [5.74, 6) is 1.25. The molecule has 30 heavy (non-hydrogen) atoms. The minimum atomic E-state index is -0.545. The van der Waals surface area contributed by atoms with Crippen molar-refractivity contribution in [1.29, 1.82) is 0 Å². The molecule has 2 aliphatic rings. The van der Waals surface area contributed by atoms with Crippen LogP contribution < -0.4 is 18.9 Å². The van der Waals surface area contributed by atoms with E-state index in [9.17, 15) is 9.59 Å². The zero-order chi connectivity index (χ0) is 21.3. The third-order valence-electron chi connectivity index (χ3n) is 5.16. The van der Waals surface area contributed by atoms with Gasteiger partial charge in [0, 0.05) is 17.7 Å². The quantitative estimate of drug-likeness (QED) is 0.422. The van der Waals surface area contributed by atoms with Gasteiger partial charge >= 0.3 is 5.97 Å². The summed E-state index contributed by atoms with van der Waals surface area (Å²) in [7, 11) is 3.08. The Kier molecular flexibility index (Phi) is 5.46. The first kappa shape index (κ1) is 20.0. The van der Waals surface area contributed by atoms with E-state index >= 15 is 0 Å². The molecule has 156 valence electrons. The summed E-state index contributed by atoms with van der Waals surface area (Å²) >= 11 is 0. The summed E-state index contributed by atoms with van der Waals surface area (Å²) in [6, 6.07) is 8.58. The van der Waals surface area contributed by atoms with E-state index in [-0.39, 0.29) is 11.5 Å². The molecule has 0 aromatic heterocycles. The lowest BCUT2D eigenvalue weighted by Gasteiger charge is -2.13. The third kappa shape index (κ3) is 3.52. The number of carbonyl (C=O) groups is 2. The molecule has 1 fully saturated rings. The highest BCUT2D eigenvalue weighted by Crippen LogP contribution is 2.40. The largest absolute Gasteiger partial charge is 0.493 e. The maximum atomic E-state index is 12.9. The summed E-state index contributed by atoms with van der Waals surface area (Å²) in [6.07, 6.45) is 2.55. The van der Waals surface area contributed by atoms with Crippen LogP contribution in [0, 0.1) is 6.92 Å². The molecule has 2 aliphatic heterocycles. The molecule has 1 unspecified atom stereocenters. The number of Topliss-reactive ketones (excluding diaryl/α,β-unsaturated/α-hetero) is 1. The van der Waals surface area contributed by atoms with Crippen LogP contribution in [0.1, 0.15) is 34.3 Å². The smallest absolute Gasteiger partial charge is 0.340 e. The average molecular weight is 410 g/mol. The van der Waals surface area contributed by atoms with Crippen molar-refractivity contribution in [1.82, 2.24) is 0 Å². The van der Waals surface area contributed by atoms with Crippen LogP contribution in [0.3, 0.4) is 0 Å². The number of benzene rings is 2. The van der Waals surface area contributed by atoms with Gasteiger partial charge in [-0.15, -0.1) is 0 Å². The van der Waals surface area contributed by atoms with Gasteiger partial charge in [-0.2, -0.15) is 0 Å². The fourth-order valence-electron chi connectivity index (χ4n) is 3.58. The van der Waals surface area contributed by atoms with Gasteiger partial charge in [0.2, 0.25) is 5.78 Å². The predicted molar refractivity (Wildman–Crippen MR) is 108 cm³/mol. The van der Waals surface area contributed by atoms with E-state index in [1.165, 1.54) is 7.11 Å². The Bertz CT molecular complexity index is 1030. The Morgan fingerprint density at radius 3 is 2.67 bits per heavy atom. The molecule has 1 saturated heterocycles. The molecular weight excluding hydrogens is 388 g/mol. The van der Waals surface area contributed by atoms with Crippen molar-refractivity contribution in [3.8, 4) is 23.0 Å². The van der Waals surface area contributed by atoms with Crippen molar-refractivity contribution in [3.05, 3.63) is 52.8 Å². The molecule has 7 nitrogen and oxygen atoms in total. The Labute approximate surface area is 174 Å². The molecule has 7 heteroatoms. The molecule has 0 spiro atoms. The van der Waals surface area contributed by atoms with Gasteiger partial charge in [-0.3, -0.25) is 4.79 Å². The highest BCUT2D eigenvalue weighted by Gasteiger charge is 2.32. The number of hydrogen-bond acceptors (Lipinski definition) is 7. The van der Waals surface area contributed by atoms with Crippen LogP contribution in [0.4, 0.5) is 0 Å². The van der Waals surface area contributed by atoms with E-state index in [2.05, 4.69) is 0 Å². The minimum Gasteiger partial charge on any atom is -0.493 e. The fourth-order valence-corrected chi connectivity index (χ4v) is 3.58. The Balaban J connectivity index is 1.62. The van der Waals surface area contributed by atoms with E-state index in [1.807, 2.05) is 0 Å². The van der Waals surface area contributed by atoms with E-state index < -0.39 is 12.1 Å². The lowest BCUT2D eigenvalue weighted by atomic mass is 10.1. The molecular formula is C23H22O7. The number of methoxy groups -OCH3 is 2. The van der Waals surface area contributed by atoms with Gasteiger partial charge in [0.15, 0.2) is 23.4 Å². The maximum absolute atomic E-state index is 12.9. The average Bonchev–Trinajstić information content (AvgIpc) is 3.39. The number of ether oxygens (including phenoxy) is 5. The fraction of sp³-hybridized carbons (Fsp3) is 0.304. The van der Waals surface area contributed by atoms with Gasteiger partial charge in [-0.25, -0.2) is 4.79 Å². The molecule has 2 heterocycles. The van der Waals surface area contributed by atoms with E-state index in [1.54, 1.807) is 50.4 Å². The van der Waals surface area contributed by atoms with Crippen molar-refractivity contribution < 1.29 is 33.3 Å². The Hall–Kier alpha value is -3.32. The Morgan fingerprint density at radius 1 is 1.13 bits per heavy atom. The maximum Gasteiger partial charge on any atom is 0.340 e. The van der Waals surface area contributed by atoms with Crippen LogP contribution in [-0.2, 0) is 9.53 Å². The number of rotatable bonds is 5. The van der Waals surface area contributed by atoms with Gasteiger partial charge in [-0.1, -0.05) is 12.1 Å². The van der Waals surface area contributed by atoms with Gasteiger partial charge in [0.05, 0.1) is 19.8 Å². The van der Waals surface area contributed by atoms with Crippen molar-refractivity contribution >= 4 is 17.8 Å². The summed E-state index contributed by atoms with van der Waals surface area (Å²) < 4.78 is 27.5. The Morgan fingerprint density at radius 2 is 1.97 bits per heavy atom. The third-order valence-corrected chi connectivity index (χ3v) is 5.16. The number of hydrogen-bond donors (Lipinski definition) is 0. The number of esters is 1. The predicted octanol–water partition coefficient (Wildman–Crippen LogP) is 3.71. The van der Waals surface area contributed by atoms with Crippen LogP contribution >= 0.6 is 0 Å². The molecule has 0 N–H and O–H groups in total. The van der Waals surface area contributed by atoms with Gasteiger partial charge < -0.3 is 23.7 Å². The summed E-state index contributed by atoms with van der Waals surface area (Å²) in [5, 5.41) is 0. The van der Waals surface area contributed by atoms with Crippen LogP contribution in [0.25, 0.3) is 6.08 Å². The first-order valence-corrected chi connectivity index (χ1v) is 9.65. The van der Waals surface area contributed by atoms with Crippen LogP contribution in [0.15, 0.2) is 36.1 Å². The summed E-state index contributed by atoms with van der Waals surface area (Å²) in [4.78, 5) is 25.1.